The molecular weight excluding hydrogens is 232 g/mol. The molecule has 0 saturated heterocycles. The number of carbonyl (C=O) groups excluding carboxylic acids is 1. The highest BCUT2D eigenvalue weighted by Gasteiger charge is 2.08. The van der Waals surface area contributed by atoms with Crippen molar-refractivity contribution < 1.29 is 9.32 Å². The molecule has 0 fully saturated rings. The van der Waals surface area contributed by atoms with Crippen LogP contribution in [0.3, 0.4) is 0 Å². The molecule has 0 radical (unpaired) electrons. The first-order valence-corrected chi connectivity index (χ1v) is 5.64. The Morgan fingerprint density at radius 1 is 1.33 bits per heavy atom. The molecule has 6 nitrogen and oxygen atoms in total. The van der Waals surface area contributed by atoms with E-state index in [9.17, 15) is 4.79 Å². The summed E-state index contributed by atoms with van der Waals surface area (Å²) in [6.45, 7) is 0.545. The Morgan fingerprint density at radius 3 is 2.83 bits per heavy atom. The lowest BCUT2D eigenvalue weighted by atomic mass is 10.2. The number of carbonyl (C=O) groups is 1. The number of rotatable bonds is 5. The van der Waals surface area contributed by atoms with Crippen LogP contribution in [0, 0.1) is 0 Å². The van der Waals surface area contributed by atoms with Gasteiger partial charge in [-0.1, -0.05) is 35.5 Å². The standard InChI is InChI=1S/C12H14N4O2/c13-7-6-10(17)14-8-11-15-12(16-18-11)9-4-2-1-3-5-9/h1-5H,6-8,13H2,(H,14,17). The van der Waals surface area contributed by atoms with E-state index in [0.717, 1.165) is 5.56 Å². The van der Waals surface area contributed by atoms with Crippen LogP contribution in [-0.2, 0) is 11.3 Å². The van der Waals surface area contributed by atoms with Crippen molar-refractivity contribution in [3.05, 3.63) is 36.2 Å². The number of benzene rings is 1. The Balaban J connectivity index is 1.97. The van der Waals surface area contributed by atoms with Crippen molar-refractivity contribution in [3.8, 4) is 11.4 Å². The van der Waals surface area contributed by atoms with Gasteiger partial charge in [0.1, 0.15) is 0 Å². The minimum absolute atomic E-state index is 0.128. The molecule has 6 heteroatoms. The molecule has 0 unspecified atom stereocenters. The monoisotopic (exact) mass is 246 g/mol. The number of aromatic nitrogens is 2. The van der Waals surface area contributed by atoms with E-state index >= 15 is 0 Å². The van der Waals surface area contributed by atoms with Crippen LogP contribution in [0.25, 0.3) is 11.4 Å². The zero-order valence-electron chi connectivity index (χ0n) is 9.80. The van der Waals surface area contributed by atoms with E-state index in [1.165, 1.54) is 0 Å². The summed E-state index contributed by atoms with van der Waals surface area (Å²) in [5.74, 6) is 0.759. The second kappa shape index (κ2) is 5.92. The van der Waals surface area contributed by atoms with Gasteiger partial charge in [0.25, 0.3) is 0 Å². The molecule has 1 amide bonds. The first kappa shape index (κ1) is 12.3. The normalized spacial score (nSPS) is 10.3. The van der Waals surface area contributed by atoms with Crippen molar-refractivity contribution in [1.29, 1.82) is 0 Å². The molecule has 2 aromatic rings. The maximum absolute atomic E-state index is 11.2. The van der Waals surface area contributed by atoms with E-state index in [1.807, 2.05) is 30.3 Å². The summed E-state index contributed by atoms with van der Waals surface area (Å²) in [6, 6.07) is 9.49. The third kappa shape index (κ3) is 3.14. The van der Waals surface area contributed by atoms with Crippen LogP contribution >= 0.6 is 0 Å². The Kier molecular flexibility index (Phi) is 4.03. The molecule has 94 valence electrons. The number of nitrogens with zero attached hydrogens (tertiary/aromatic N) is 2. The molecule has 1 aromatic heterocycles. The van der Waals surface area contributed by atoms with Gasteiger partial charge in [-0.05, 0) is 0 Å². The molecule has 0 atom stereocenters. The SMILES string of the molecule is NCCC(=O)NCc1nc(-c2ccccc2)no1. The predicted octanol–water partition coefficient (Wildman–Crippen LogP) is 0.702. The first-order chi connectivity index (χ1) is 8.79. The van der Waals surface area contributed by atoms with Crippen LogP contribution in [0.5, 0.6) is 0 Å². The maximum Gasteiger partial charge on any atom is 0.246 e. The Labute approximate surface area is 104 Å². The van der Waals surface area contributed by atoms with E-state index in [0.29, 0.717) is 24.7 Å². The number of nitrogens with two attached hydrogens (primary N) is 1. The highest BCUT2D eigenvalue weighted by atomic mass is 16.5. The van der Waals surface area contributed by atoms with Crippen LogP contribution in [0.2, 0.25) is 0 Å². The minimum Gasteiger partial charge on any atom is -0.347 e. The molecule has 18 heavy (non-hydrogen) atoms. The molecule has 1 aromatic carbocycles. The van der Waals surface area contributed by atoms with Gasteiger partial charge in [-0.25, -0.2) is 0 Å². The van der Waals surface area contributed by atoms with E-state index in [2.05, 4.69) is 15.5 Å². The molecule has 0 aliphatic heterocycles. The van der Waals surface area contributed by atoms with Gasteiger partial charge in [-0.3, -0.25) is 4.79 Å². The van der Waals surface area contributed by atoms with E-state index in [4.69, 9.17) is 10.3 Å². The molecule has 0 bridgehead atoms. The molecule has 0 aliphatic carbocycles. The summed E-state index contributed by atoms with van der Waals surface area (Å²) in [4.78, 5) is 15.4. The van der Waals surface area contributed by atoms with Crippen LogP contribution in [0.4, 0.5) is 0 Å². The van der Waals surface area contributed by atoms with Gasteiger partial charge in [0.05, 0.1) is 6.54 Å². The maximum atomic E-state index is 11.2. The highest BCUT2D eigenvalue weighted by molar-refractivity contribution is 5.75. The number of hydrogen-bond acceptors (Lipinski definition) is 5. The van der Waals surface area contributed by atoms with Gasteiger partial charge < -0.3 is 15.6 Å². The fourth-order valence-corrected chi connectivity index (χ4v) is 1.42. The molecule has 3 N–H and O–H groups in total. The Morgan fingerprint density at radius 2 is 2.11 bits per heavy atom. The van der Waals surface area contributed by atoms with Crippen LogP contribution < -0.4 is 11.1 Å². The van der Waals surface area contributed by atoms with Gasteiger partial charge in [0.2, 0.25) is 17.6 Å². The molecule has 0 aliphatic rings. The first-order valence-electron chi connectivity index (χ1n) is 5.64. The lowest BCUT2D eigenvalue weighted by Gasteiger charge is -1.98. The van der Waals surface area contributed by atoms with Gasteiger partial charge in [0, 0.05) is 18.5 Å². The van der Waals surface area contributed by atoms with Crippen molar-refractivity contribution in [2.45, 2.75) is 13.0 Å². The topological polar surface area (TPSA) is 94.0 Å². The largest absolute Gasteiger partial charge is 0.347 e. The minimum atomic E-state index is -0.128. The van der Waals surface area contributed by atoms with Crippen molar-refractivity contribution in [2.75, 3.05) is 6.54 Å². The van der Waals surface area contributed by atoms with Crippen molar-refractivity contribution >= 4 is 5.91 Å². The average Bonchev–Trinajstić information content (AvgIpc) is 2.87. The second-order valence-electron chi connectivity index (χ2n) is 3.69. The van der Waals surface area contributed by atoms with Gasteiger partial charge >= 0.3 is 0 Å². The number of nitrogens with one attached hydrogen (secondary N) is 1. The van der Waals surface area contributed by atoms with Crippen molar-refractivity contribution in [3.63, 3.8) is 0 Å². The van der Waals surface area contributed by atoms with E-state index in [-0.39, 0.29) is 12.5 Å². The molecule has 0 saturated carbocycles. The predicted molar refractivity (Wildman–Crippen MR) is 65.3 cm³/mol. The zero-order chi connectivity index (χ0) is 12.8. The van der Waals surface area contributed by atoms with Gasteiger partial charge in [-0.2, -0.15) is 4.98 Å². The quantitative estimate of drug-likeness (QED) is 0.810. The number of amides is 1. The second-order valence-corrected chi connectivity index (χ2v) is 3.69. The molecule has 0 spiro atoms. The van der Waals surface area contributed by atoms with Gasteiger partial charge in [0.15, 0.2) is 0 Å². The molecular formula is C12H14N4O2. The van der Waals surface area contributed by atoms with Crippen molar-refractivity contribution in [1.82, 2.24) is 15.5 Å². The van der Waals surface area contributed by atoms with E-state index < -0.39 is 0 Å². The molecule has 1 heterocycles. The third-order valence-corrected chi connectivity index (χ3v) is 2.31. The van der Waals surface area contributed by atoms with Crippen LogP contribution in [0.15, 0.2) is 34.9 Å². The number of hydrogen-bond donors (Lipinski definition) is 2. The summed E-state index contributed by atoms with van der Waals surface area (Å²) in [6.07, 6.45) is 0.291. The summed E-state index contributed by atoms with van der Waals surface area (Å²) >= 11 is 0. The van der Waals surface area contributed by atoms with Gasteiger partial charge in [-0.15, -0.1) is 0 Å². The third-order valence-electron chi connectivity index (χ3n) is 2.31. The fourth-order valence-electron chi connectivity index (χ4n) is 1.42. The summed E-state index contributed by atoms with van der Waals surface area (Å²) in [5, 5.41) is 6.50. The Hall–Kier alpha value is -2.21. The summed E-state index contributed by atoms with van der Waals surface area (Å²) < 4.78 is 5.04. The summed E-state index contributed by atoms with van der Waals surface area (Å²) in [7, 11) is 0. The Bertz CT molecular complexity index is 510. The highest BCUT2D eigenvalue weighted by Crippen LogP contribution is 2.14. The smallest absolute Gasteiger partial charge is 0.246 e. The fraction of sp³-hybridized carbons (Fsp3) is 0.250. The lowest BCUT2D eigenvalue weighted by molar-refractivity contribution is -0.121. The zero-order valence-corrected chi connectivity index (χ0v) is 9.80. The lowest BCUT2D eigenvalue weighted by Crippen LogP contribution is -2.25. The molecule has 2 rings (SSSR count). The van der Waals surface area contributed by atoms with Crippen molar-refractivity contribution in [2.24, 2.45) is 5.73 Å². The summed E-state index contributed by atoms with van der Waals surface area (Å²) in [5.41, 5.74) is 6.14. The van der Waals surface area contributed by atoms with Crippen LogP contribution in [0.1, 0.15) is 12.3 Å². The average molecular weight is 246 g/mol. The van der Waals surface area contributed by atoms with Crippen LogP contribution in [-0.4, -0.2) is 22.6 Å². The van der Waals surface area contributed by atoms with E-state index in [1.54, 1.807) is 0 Å².